The first kappa shape index (κ1) is 18.3. The van der Waals surface area contributed by atoms with Gasteiger partial charge in [-0.15, -0.1) is 0 Å². The average molecular weight is 410 g/mol. The van der Waals surface area contributed by atoms with Crippen LogP contribution in [0.15, 0.2) is 35.3 Å². The summed E-state index contributed by atoms with van der Waals surface area (Å²) in [6, 6.07) is 7.43. The molecule has 29 heavy (non-hydrogen) atoms. The van der Waals surface area contributed by atoms with E-state index in [0.29, 0.717) is 17.7 Å². The molecular formula is C21H22N4O3S. The lowest BCUT2D eigenvalue weighted by Crippen LogP contribution is -2.35. The summed E-state index contributed by atoms with van der Waals surface area (Å²) in [5.74, 6) is 2.86. The lowest BCUT2D eigenvalue weighted by Gasteiger charge is -2.27. The molecule has 5 rings (SSSR count). The number of fused-ring (bicyclic) bond motifs is 1. The molecule has 1 fully saturated rings. The second-order valence-corrected chi connectivity index (χ2v) is 8.56. The maximum atomic E-state index is 12.5. The average Bonchev–Trinajstić information content (AvgIpc) is 3.50. The van der Waals surface area contributed by atoms with Crippen molar-refractivity contribution >= 4 is 11.3 Å². The standard InChI is InChI=1S/C21H22N4O3S/c1-27-14-4-6-15(7-5-14)28-21-22-10-16(29-21)11-25-9-8-18-17(12-25)20(26)24-19(23-18)13-2-3-13/h4-7,10,13H,2-3,8-9,11-12H2,1H3,(H,23,24,26). The molecule has 1 N–H and O–H groups in total. The first-order chi connectivity index (χ1) is 14.2. The third kappa shape index (κ3) is 4.04. The molecule has 3 heterocycles. The number of methoxy groups -OCH3 is 1. The topological polar surface area (TPSA) is 80.3 Å². The first-order valence-corrected chi connectivity index (χ1v) is 10.6. The summed E-state index contributed by atoms with van der Waals surface area (Å²) in [5, 5.41) is 0.608. The Kier molecular flexibility index (Phi) is 4.81. The van der Waals surface area contributed by atoms with Crippen LogP contribution in [0.25, 0.3) is 0 Å². The zero-order valence-electron chi connectivity index (χ0n) is 16.2. The number of aromatic amines is 1. The fourth-order valence-electron chi connectivity index (χ4n) is 3.56. The van der Waals surface area contributed by atoms with E-state index < -0.39 is 0 Å². The van der Waals surface area contributed by atoms with E-state index in [0.717, 1.165) is 65.8 Å². The minimum Gasteiger partial charge on any atom is -0.497 e. The summed E-state index contributed by atoms with van der Waals surface area (Å²) in [5.41, 5.74) is 1.80. The Morgan fingerprint density at radius 3 is 2.79 bits per heavy atom. The molecule has 2 aromatic heterocycles. The van der Waals surface area contributed by atoms with Crippen molar-refractivity contribution in [3.8, 4) is 16.7 Å². The highest BCUT2D eigenvalue weighted by molar-refractivity contribution is 7.13. The Morgan fingerprint density at radius 1 is 1.24 bits per heavy atom. The van der Waals surface area contributed by atoms with Crippen molar-refractivity contribution < 1.29 is 9.47 Å². The van der Waals surface area contributed by atoms with Crippen molar-refractivity contribution in [2.75, 3.05) is 13.7 Å². The van der Waals surface area contributed by atoms with Gasteiger partial charge in [-0.25, -0.2) is 9.97 Å². The maximum Gasteiger partial charge on any atom is 0.278 e. The first-order valence-electron chi connectivity index (χ1n) is 9.79. The van der Waals surface area contributed by atoms with Crippen molar-refractivity contribution in [1.82, 2.24) is 19.9 Å². The number of nitrogens with zero attached hydrogens (tertiary/aromatic N) is 3. The summed E-state index contributed by atoms with van der Waals surface area (Å²) < 4.78 is 11.0. The van der Waals surface area contributed by atoms with E-state index in [9.17, 15) is 4.79 Å². The van der Waals surface area contributed by atoms with E-state index >= 15 is 0 Å². The van der Waals surface area contributed by atoms with Crippen LogP contribution in [0.4, 0.5) is 0 Å². The molecule has 0 amide bonds. The molecule has 1 aliphatic heterocycles. The van der Waals surface area contributed by atoms with Gasteiger partial charge in [0, 0.05) is 43.0 Å². The highest BCUT2D eigenvalue weighted by Gasteiger charge is 2.29. The Labute approximate surface area is 172 Å². The van der Waals surface area contributed by atoms with Gasteiger partial charge in [0.2, 0.25) is 0 Å². The summed E-state index contributed by atoms with van der Waals surface area (Å²) in [7, 11) is 1.64. The molecule has 1 aromatic carbocycles. The van der Waals surface area contributed by atoms with E-state index in [2.05, 4.69) is 14.9 Å². The van der Waals surface area contributed by atoms with Crippen molar-refractivity contribution in [1.29, 1.82) is 0 Å². The molecule has 2 aliphatic rings. The van der Waals surface area contributed by atoms with Crippen LogP contribution in [0.5, 0.6) is 16.7 Å². The van der Waals surface area contributed by atoms with E-state index in [4.69, 9.17) is 14.5 Å². The quantitative estimate of drug-likeness (QED) is 0.670. The van der Waals surface area contributed by atoms with Gasteiger partial charge in [0.25, 0.3) is 10.8 Å². The number of thiazole rings is 1. The molecule has 1 aliphatic carbocycles. The number of benzene rings is 1. The SMILES string of the molecule is COc1ccc(Oc2ncc(CN3CCc4nc(C5CC5)[nH]c(=O)c4C3)s2)cc1. The summed E-state index contributed by atoms with van der Waals surface area (Å²) in [6.45, 7) is 2.25. The molecule has 1 saturated carbocycles. The van der Waals surface area contributed by atoms with Crippen LogP contribution in [-0.4, -0.2) is 33.5 Å². The van der Waals surface area contributed by atoms with Gasteiger partial charge in [-0.3, -0.25) is 9.69 Å². The predicted molar refractivity (Wildman–Crippen MR) is 110 cm³/mol. The number of ether oxygens (including phenoxy) is 2. The van der Waals surface area contributed by atoms with Crippen molar-refractivity contribution in [3.05, 3.63) is 62.8 Å². The summed E-state index contributed by atoms with van der Waals surface area (Å²) in [6.07, 6.45) is 4.94. The summed E-state index contributed by atoms with van der Waals surface area (Å²) in [4.78, 5) is 28.0. The zero-order chi connectivity index (χ0) is 19.8. The Bertz CT molecular complexity index is 1070. The number of hydrogen-bond donors (Lipinski definition) is 1. The molecule has 0 radical (unpaired) electrons. The Hall–Kier alpha value is -2.71. The molecule has 0 atom stereocenters. The van der Waals surface area contributed by atoms with Gasteiger partial charge in [0.05, 0.1) is 18.4 Å². The zero-order valence-corrected chi connectivity index (χ0v) is 17.0. The second-order valence-electron chi connectivity index (χ2n) is 7.48. The number of rotatable bonds is 6. The third-order valence-electron chi connectivity index (χ3n) is 5.31. The Morgan fingerprint density at radius 2 is 2.03 bits per heavy atom. The van der Waals surface area contributed by atoms with E-state index in [1.165, 1.54) is 11.3 Å². The third-order valence-corrected chi connectivity index (χ3v) is 6.17. The van der Waals surface area contributed by atoms with Gasteiger partial charge in [0.1, 0.15) is 17.3 Å². The monoisotopic (exact) mass is 410 g/mol. The molecular weight excluding hydrogens is 388 g/mol. The van der Waals surface area contributed by atoms with Gasteiger partial charge in [-0.05, 0) is 37.1 Å². The molecule has 0 saturated heterocycles. The van der Waals surface area contributed by atoms with Gasteiger partial charge < -0.3 is 14.5 Å². The highest BCUT2D eigenvalue weighted by atomic mass is 32.1. The number of aromatic nitrogens is 3. The minimum atomic E-state index is 0.0226. The van der Waals surface area contributed by atoms with Crippen molar-refractivity contribution in [3.63, 3.8) is 0 Å². The van der Waals surface area contributed by atoms with Crippen LogP contribution in [0.3, 0.4) is 0 Å². The van der Waals surface area contributed by atoms with Crippen LogP contribution in [-0.2, 0) is 19.5 Å². The molecule has 150 valence electrons. The van der Waals surface area contributed by atoms with Crippen LogP contribution >= 0.6 is 11.3 Å². The minimum absolute atomic E-state index is 0.0226. The van der Waals surface area contributed by atoms with Crippen LogP contribution in [0.2, 0.25) is 0 Å². The fraction of sp³-hybridized carbons (Fsp3) is 0.381. The lowest BCUT2D eigenvalue weighted by molar-refractivity contribution is 0.243. The number of hydrogen-bond acceptors (Lipinski definition) is 7. The van der Waals surface area contributed by atoms with Gasteiger partial charge >= 0.3 is 0 Å². The smallest absolute Gasteiger partial charge is 0.278 e. The van der Waals surface area contributed by atoms with Gasteiger partial charge in [-0.1, -0.05) is 11.3 Å². The van der Waals surface area contributed by atoms with Crippen molar-refractivity contribution in [2.24, 2.45) is 0 Å². The fourth-order valence-corrected chi connectivity index (χ4v) is 4.38. The molecule has 0 spiro atoms. The highest BCUT2D eigenvalue weighted by Crippen LogP contribution is 2.38. The number of H-pyrrole nitrogens is 1. The lowest BCUT2D eigenvalue weighted by atomic mass is 10.1. The Balaban J connectivity index is 1.24. The normalized spacial score (nSPS) is 16.4. The van der Waals surface area contributed by atoms with E-state index in [1.807, 2.05) is 30.5 Å². The number of nitrogens with one attached hydrogen (secondary N) is 1. The molecule has 0 unspecified atom stereocenters. The van der Waals surface area contributed by atoms with Crippen LogP contribution in [0.1, 0.15) is 40.7 Å². The van der Waals surface area contributed by atoms with Gasteiger partial charge in [-0.2, -0.15) is 0 Å². The van der Waals surface area contributed by atoms with Crippen molar-refractivity contribution in [2.45, 2.75) is 38.3 Å². The van der Waals surface area contributed by atoms with E-state index in [-0.39, 0.29) is 5.56 Å². The molecule has 7 nitrogen and oxygen atoms in total. The molecule has 8 heteroatoms. The second kappa shape index (κ2) is 7.61. The molecule has 3 aromatic rings. The maximum absolute atomic E-state index is 12.5. The van der Waals surface area contributed by atoms with Gasteiger partial charge in [0.15, 0.2) is 0 Å². The largest absolute Gasteiger partial charge is 0.497 e. The predicted octanol–water partition coefficient (Wildman–Crippen LogP) is 3.46. The molecule has 0 bridgehead atoms. The van der Waals surface area contributed by atoms with Crippen LogP contribution < -0.4 is 15.0 Å². The van der Waals surface area contributed by atoms with Crippen LogP contribution in [0, 0.1) is 0 Å². The van der Waals surface area contributed by atoms with E-state index in [1.54, 1.807) is 7.11 Å². The summed E-state index contributed by atoms with van der Waals surface area (Å²) >= 11 is 1.52.